The second-order valence-electron chi connectivity index (χ2n) is 4.85. The zero-order valence-corrected chi connectivity index (χ0v) is 12.6. The minimum atomic E-state index is 0.693. The molecule has 0 bridgehead atoms. The second-order valence-corrected chi connectivity index (χ2v) is 5.29. The number of rotatable bonds is 4. The van der Waals surface area contributed by atoms with Gasteiger partial charge in [0.1, 0.15) is 5.82 Å². The van der Waals surface area contributed by atoms with Crippen LogP contribution in [0.1, 0.15) is 13.3 Å². The van der Waals surface area contributed by atoms with Crippen LogP contribution in [0.2, 0.25) is 5.02 Å². The minimum absolute atomic E-state index is 0.693. The van der Waals surface area contributed by atoms with Gasteiger partial charge in [0, 0.05) is 22.5 Å². The van der Waals surface area contributed by atoms with Crippen LogP contribution in [0.25, 0.3) is 22.3 Å². The van der Waals surface area contributed by atoms with E-state index in [2.05, 4.69) is 22.2 Å². The maximum absolute atomic E-state index is 6.10. The molecule has 0 aliphatic heterocycles. The highest BCUT2D eigenvalue weighted by Crippen LogP contribution is 2.27. The summed E-state index contributed by atoms with van der Waals surface area (Å²) < 4.78 is 0. The van der Waals surface area contributed by atoms with Gasteiger partial charge >= 0.3 is 0 Å². The molecule has 4 heteroatoms. The van der Waals surface area contributed by atoms with E-state index in [4.69, 9.17) is 11.6 Å². The summed E-state index contributed by atoms with van der Waals surface area (Å²) in [6.07, 6.45) is 1.03. The third-order valence-electron chi connectivity index (χ3n) is 3.23. The molecular weight excluding hydrogens is 282 g/mol. The number of nitrogens with one attached hydrogen (secondary N) is 1. The SMILES string of the molecule is CCCNc1nc(-c2ccccc2)nc2ccc(Cl)cc12. The van der Waals surface area contributed by atoms with E-state index in [1.54, 1.807) is 0 Å². The van der Waals surface area contributed by atoms with E-state index in [1.807, 2.05) is 48.5 Å². The van der Waals surface area contributed by atoms with Gasteiger partial charge in [-0.05, 0) is 24.6 Å². The molecule has 1 N–H and O–H groups in total. The van der Waals surface area contributed by atoms with Crippen molar-refractivity contribution in [2.45, 2.75) is 13.3 Å². The number of nitrogens with zero attached hydrogens (tertiary/aromatic N) is 2. The second kappa shape index (κ2) is 6.10. The molecule has 1 heterocycles. The van der Waals surface area contributed by atoms with E-state index in [9.17, 15) is 0 Å². The molecule has 2 aromatic carbocycles. The van der Waals surface area contributed by atoms with Crippen LogP contribution in [0.3, 0.4) is 0 Å². The number of anilines is 1. The molecule has 0 aliphatic carbocycles. The molecule has 21 heavy (non-hydrogen) atoms. The quantitative estimate of drug-likeness (QED) is 0.753. The van der Waals surface area contributed by atoms with Crippen molar-refractivity contribution in [1.29, 1.82) is 0 Å². The van der Waals surface area contributed by atoms with Gasteiger partial charge in [-0.25, -0.2) is 9.97 Å². The molecule has 0 radical (unpaired) electrons. The van der Waals surface area contributed by atoms with Crippen molar-refractivity contribution in [1.82, 2.24) is 9.97 Å². The van der Waals surface area contributed by atoms with Gasteiger partial charge in [0.05, 0.1) is 5.52 Å². The van der Waals surface area contributed by atoms with Crippen molar-refractivity contribution < 1.29 is 0 Å². The Morgan fingerprint density at radius 3 is 2.62 bits per heavy atom. The zero-order chi connectivity index (χ0) is 14.7. The monoisotopic (exact) mass is 297 g/mol. The van der Waals surface area contributed by atoms with Gasteiger partial charge < -0.3 is 5.32 Å². The van der Waals surface area contributed by atoms with Gasteiger partial charge in [-0.1, -0.05) is 48.9 Å². The van der Waals surface area contributed by atoms with E-state index in [0.717, 1.165) is 41.1 Å². The van der Waals surface area contributed by atoms with Crippen LogP contribution in [0.5, 0.6) is 0 Å². The smallest absolute Gasteiger partial charge is 0.162 e. The highest BCUT2D eigenvalue weighted by molar-refractivity contribution is 6.31. The van der Waals surface area contributed by atoms with Crippen molar-refractivity contribution in [3.05, 3.63) is 53.6 Å². The number of benzene rings is 2. The molecule has 0 saturated heterocycles. The first-order chi connectivity index (χ1) is 10.3. The Bertz CT molecular complexity index is 757. The molecule has 0 saturated carbocycles. The molecule has 0 amide bonds. The normalized spacial score (nSPS) is 10.8. The van der Waals surface area contributed by atoms with Gasteiger partial charge in [-0.2, -0.15) is 0 Å². The van der Waals surface area contributed by atoms with Gasteiger partial charge in [0.25, 0.3) is 0 Å². The van der Waals surface area contributed by atoms with E-state index < -0.39 is 0 Å². The predicted octanol–water partition coefficient (Wildman–Crippen LogP) is 4.77. The molecule has 1 aromatic heterocycles. The number of hydrogen-bond donors (Lipinski definition) is 1. The first-order valence-corrected chi connectivity index (χ1v) is 7.42. The number of hydrogen-bond acceptors (Lipinski definition) is 3. The fourth-order valence-corrected chi connectivity index (χ4v) is 2.37. The van der Waals surface area contributed by atoms with E-state index in [1.165, 1.54) is 0 Å². The molecule has 0 aliphatic rings. The maximum atomic E-state index is 6.10. The first kappa shape index (κ1) is 13.8. The van der Waals surface area contributed by atoms with Crippen molar-refractivity contribution in [3.8, 4) is 11.4 Å². The van der Waals surface area contributed by atoms with Gasteiger partial charge in [-0.3, -0.25) is 0 Å². The predicted molar refractivity (Wildman–Crippen MR) is 88.8 cm³/mol. The molecule has 0 unspecified atom stereocenters. The van der Waals surface area contributed by atoms with Gasteiger partial charge in [0.2, 0.25) is 0 Å². The third kappa shape index (κ3) is 2.98. The Balaban J connectivity index is 2.17. The van der Waals surface area contributed by atoms with Crippen LogP contribution in [0.15, 0.2) is 48.5 Å². The Labute approximate surface area is 129 Å². The van der Waals surface area contributed by atoms with E-state index >= 15 is 0 Å². The molecular formula is C17H16ClN3. The Kier molecular flexibility index (Phi) is 4.02. The summed E-state index contributed by atoms with van der Waals surface area (Å²) in [7, 11) is 0. The lowest BCUT2D eigenvalue weighted by Gasteiger charge is -2.10. The summed E-state index contributed by atoms with van der Waals surface area (Å²) >= 11 is 6.10. The largest absolute Gasteiger partial charge is 0.369 e. The van der Waals surface area contributed by atoms with Crippen LogP contribution < -0.4 is 5.32 Å². The summed E-state index contributed by atoms with van der Waals surface area (Å²) in [4.78, 5) is 9.31. The van der Waals surface area contributed by atoms with E-state index in [0.29, 0.717) is 5.02 Å². The highest BCUT2D eigenvalue weighted by Gasteiger charge is 2.09. The summed E-state index contributed by atoms with van der Waals surface area (Å²) in [5.74, 6) is 1.56. The first-order valence-electron chi connectivity index (χ1n) is 7.04. The lowest BCUT2D eigenvalue weighted by atomic mass is 10.2. The van der Waals surface area contributed by atoms with Crippen LogP contribution in [-0.2, 0) is 0 Å². The summed E-state index contributed by atoms with van der Waals surface area (Å²) in [5.41, 5.74) is 1.90. The Morgan fingerprint density at radius 2 is 1.86 bits per heavy atom. The zero-order valence-electron chi connectivity index (χ0n) is 11.8. The minimum Gasteiger partial charge on any atom is -0.369 e. The third-order valence-corrected chi connectivity index (χ3v) is 3.47. The summed E-state index contributed by atoms with van der Waals surface area (Å²) in [6.45, 7) is 2.99. The average molecular weight is 298 g/mol. The summed E-state index contributed by atoms with van der Waals surface area (Å²) in [5, 5.41) is 5.01. The molecule has 0 spiro atoms. The molecule has 106 valence electrons. The highest BCUT2D eigenvalue weighted by atomic mass is 35.5. The standard InChI is InChI=1S/C17H16ClN3/c1-2-10-19-17-14-11-13(18)8-9-15(14)20-16(21-17)12-6-4-3-5-7-12/h3-9,11H,2,10H2,1H3,(H,19,20,21). The molecule has 3 rings (SSSR count). The topological polar surface area (TPSA) is 37.8 Å². The van der Waals surface area contributed by atoms with Crippen LogP contribution in [-0.4, -0.2) is 16.5 Å². The number of halogens is 1. The fourth-order valence-electron chi connectivity index (χ4n) is 2.20. The fraction of sp³-hybridized carbons (Fsp3) is 0.176. The maximum Gasteiger partial charge on any atom is 0.162 e. The number of fused-ring (bicyclic) bond motifs is 1. The van der Waals surface area contributed by atoms with Crippen molar-refractivity contribution in [2.24, 2.45) is 0 Å². The Hall–Kier alpha value is -2.13. The van der Waals surface area contributed by atoms with Gasteiger partial charge in [0.15, 0.2) is 5.82 Å². The van der Waals surface area contributed by atoms with Crippen LogP contribution in [0, 0.1) is 0 Å². The molecule has 3 aromatic rings. The van der Waals surface area contributed by atoms with Gasteiger partial charge in [-0.15, -0.1) is 0 Å². The lowest BCUT2D eigenvalue weighted by Crippen LogP contribution is -2.04. The molecule has 0 atom stereocenters. The van der Waals surface area contributed by atoms with Crippen LogP contribution >= 0.6 is 11.6 Å². The number of aromatic nitrogens is 2. The van der Waals surface area contributed by atoms with Crippen molar-refractivity contribution in [2.75, 3.05) is 11.9 Å². The van der Waals surface area contributed by atoms with Crippen molar-refractivity contribution in [3.63, 3.8) is 0 Å². The molecule has 3 nitrogen and oxygen atoms in total. The summed E-state index contributed by atoms with van der Waals surface area (Å²) in [6, 6.07) is 15.7. The van der Waals surface area contributed by atoms with Crippen LogP contribution in [0.4, 0.5) is 5.82 Å². The average Bonchev–Trinajstić information content (AvgIpc) is 2.53. The van der Waals surface area contributed by atoms with E-state index in [-0.39, 0.29) is 0 Å². The van der Waals surface area contributed by atoms with Crippen molar-refractivity contribution >= 4 is 28.3 Å². The Morgan fingerprint density at radius 1 is 1.05 bits per heavy atom. The molecule has 0 fully saturated rings. The lowest BCUT2D eigenvalue weighted by molar-refractivity contribution is 0.970.